The third kappa shape index (κ3) is 3.24. The summed E-state index contributed by atoms with van der Waals surface area (Å²) >= 11 is 0. The summed E-state index contributed by atoms with van der Waals surface area (Å²) in [5, 5.41) is 4.46. The van der Waals surface area contributed by atoms with Crippen LogP contribution in [0.25, 0.3) is 10.9 Å². The molecule has 0 saturated heterocycles. The van der Waals surface area contributed by atoms with E-state index in [0.29, 0.717) is 6.54 Å². The SMILES string of the molecule is O=C(NCCc1c[nH]c2ccccc12)C1(c2ccc3c(c2)OCO3)CCCCC1. The van der Waals surface area contributed by atoms with Gasteiger partial charge in [0.25, 0.3) is 0 Å². The molecular weight excluding hydrogens is 364 g/mol. The average molecular weight is 390 g/mol. The first-order valence-corrected chi connectivity index (χ1v) is 10.5. The highest BCUT2D eigenvalue weighted by atomic mass is 16.7. The number of hydrogen-bond donors (Lipinski definition) is 2. The standard InChI is InChI=1S/C24H26N2O3/c27-23(25-13-10-17-15-26-20-7-3-2-6-19(17)20)24(11-4-1-5-12-24)18-8-9-21-22(14-18)29-16-28-21/h2-3,6-9,14-15,26H,1,4-5,10-13,16H2,(H,25,27). The number of H-pyrrole nitrogens is 1. The van der Waals surface area contributed by atoms with Crippen LogP contribution in [0.3, 0.4) is 0 Å². The number of amides is 1. The summed E-state index contributed by atoms with van der Waals surface area (Å²) in [4.78, 5) is 16.7. The Morgan fingerprint density at radius 2 is 1.86 bits per heavy atom. The Kier molecular flexibility index (Phi) is 4.66. The van der Waals surface area contributed by atoms with Crippen LogP contribution in [-0.4, -0.2) is 24.2 Å². The maximum absolute atomic E-state index is 13.4. The molecule has 1 amide bonds. The van der Waals surface area contributed by atoms with Crippen molar-refractivity contribution in [2.75, 3.05) is 13.3 Å². The molecule has 0 unspecified atom stereocenters. The first-order chi connectivity index (χ1) is 14.3. The summed E-state index contributed by atoms with van der Waals surface area (Å²) < 4.78 is 11.0. The van der Waals surface area contributed by atoms with Gasteiger partial charge in [-0.05, 0) is 48.6 Å². The molecule has 0 spiro atoms. The van der Waals surface area contributed by atoms with Gasteiger partial charge in [0.1, 0.15) is 0 Å². The van der Waals surface area contributed by atoms with E-state index in [9.17, 15) is 4.79 Å². The molecular formula is C24H26N2O3. The second-order valence-electron chi connectivity index (χ2n) is 8.08. The molecule has 0 radical (unpaired) electrons. The molecule has 2 N–H and O–H groups in total. The normalized spacial score (nSPS) is 17.4. The quantitative estimate of drug-likeness (QED) is 0.676. The summed E-state index contributed by atoms with van der Waals surface area (Å²) in [5.41, 5.74) is 2.95. The average Bonchev–Trinajstić information content (AvgIpc) is 3.40. The molecule has 5 nitrogen and oxygen atoms in total. The molecule has 1 aliphatic heterocycles. The Balaban J connectivity index is 1.33. The molecule has 1 aromatic heterocycles. The first kappa shape index (κ1) is 18.1. The molecule has 2 aromatic carbocycles. The number of carbonyl (C=O) groups is 1. The minimum absolute atomic E-state index is 0.135. The largest absolute Gasteiger partial charge is 0.454 e. The molecule has 1 fully saturated rings. The Bertz CT molecular complexity index is 1030. The topological polar surface area (TPSA) is 63.4 Å². The second-order valence-corrected chi connectivity index (χ2v) is 8.08. The summed E-state index contributed by atoms with van der Waals surface area (Å²) in [5.74, 6) is 1.65. The summed E-state index contributed by atoms with van der Waals surface area (Å²) in [6.07, 6.45) is 7.96. The van der Waals surface area contributed by atoms with Crippen molar-refractivity contribution in [3.63, 3.8) is 0 Å². The fourth-order valence-electron chi connectivity index (χ4n) is 4.81. The minimum atomic E-state index is -0.473. The van der Waals surface area contributed by atoms with Crippen molar-refractivity contribution >= 4 is 16.8 Å². The smallest absolute Gasteiger partial charge is 0.231 e. The predicted octanol–water partition coefficient (Wildman–Crippen LogP) is 4.46. The molecule has 5 heteroatoms. The van der Waals surface area contributed by atoms with Crippen LogP contribution >= 0.6 is 0 Å². The highest BCUT2D eigenvalue weighted by Gasteiger charge is 2.41. The van der Waals surface area contributed by atoms with Gasteiger partial charge in [0.05, 0.1) is 5.41 Å². The monoisotopic (exact) mass is 390 g/mol. The summed E-state index contributed by atoms with van der Waals surface area (Å²) in [7, 11) is 0. The van der Waals surface area contributed by atoms with Gasteiger partial charge in [0, 0.05) is 23.6 Å². The number of aromatic nitrogens is 1. The molecule has 5 rings (SSSR count). The predicted molar refractivity (Wildman–Crippen MR) is 112 cm³/mol. The van der Waals surface area contributed by atoms with E-state index in [1.165, 1.54) is 17.4 Å². The molecule has 2 aliphatic rings. The van der Waals surface area contributed by atoms with Crippen molar-refractivity contribution in [3.8, 4) is 11.5 Å². The van der Waals surface area contributed by atoms with Crippen molar-refractivity contribution in [1.29, 1.82) is 0 Å². The lowest BCUT2D eigenvalue weighted by atomic mass is 9.68. The number of nitrogens with one attached hydrogen (secondary N) is 2. The summed E-state index contributed by atoms with van der Waals surface area (Å²) in [6.45, 7) is 0.885. The number of hydrogen-bond acceptors (Lipinski definition) is 3. The fourth-order valence-corrected chi connectivity index (χ4v) is 4.81. The molecule has 2 heterocycles. The number of aromatic amines is 1. The molecule has 3 aromatic rings. The van der Waals surface area contributed by atoms with E-state index >= 15 is 0 Å². The van der Waals surface area contributed by atoms with Gasteiger partial charge < -0.3 is 19.8 Å². The van der Waals surface area contributed by atoms with Crippen molar-refractivity contribution in [1.82, 2.24) is 10.3 Å². The van der Waals surface area contributed by atoms with E-state index in [-0.39, 0.29) is 12.7 Å². The minimum Gasteiger partial charge on any atom is -0.454 e. The number of para-hydroxylation sites is 1. The maximum atomic E-state index is 13.4. The van der Waals surface area contributed by atoms with Gasteiger partial charge in [-0.2, -0.15) is 0 Å². The lowest BCUT2D eigenvalue weighted by Crippen LogP contribution is -2.46. The van der Waals surface area contributed by atoms with Crippen molar-refractivity contribution in [2.24, 2.45) is 0 Å². The van der Waals surface area contributed by atoms with Crippen LogP contribution in [0.4, 0.5) is 0 Å². The van der Waals surface area contributed by atoms with E-state index < -0.39 is 5.41 Å². The van der Waals surface area contributed by atoms with Gasteiger partial charge >= 0.3 is 0 Å². The van der Waals surface area contributed by atoms with E-state index in [1.807, 2.05) is 30.5 Å². The van der Waals surface area contributed by atoms with Crippen molar-refractivity contribution in [3.05, 3.63) is 59.8 Å². The second kappa shape index (κ2) is 7.47. The Morgan fingerprint density at radius 1 is 1.03 bits per heavy atom. The van der Waals surface area contributed by atoms with E-state index in [1.54, 1.807) is 0 Å². The summed E-state index contributed by atoms with van der Waals surface area (Å²) in [6, 6.07) is 14.3. The van der Waals surface area contributed by atoms with Crippen LogP contribution < -0.4 is 14.8 Å². The van der Waals surface area contributed by atoms with Gasteiger partial charge in [-0.3, -0.25) is 4.79 Å². The van der Waals surface area contributed by atoms with E-state index in [2.05, 4.69) is 28.5 Å². The van der Waals surface area contributed by atoms with Gasteiger partial charge in [0.2, 0.25) is 12.7 Å². The van der Waals surface area contributed by atoms with E-state index in [4.69, 9.17) is 9.47 Å². The third-order valence-electron chi connectivity index (χ3n) is 6.42. The molecule has 150 valence electrons. The molecule has 1 aliphatic carbocycles. The van der Waals surface area contributed by atoms with Crippen molar-refractivity contribution < 1.29 is 14.3 Å². The highest BCUT2D eigenvalue weighted by Crippen LogP contribution is 2.43. The van der Waals surface area contributed by atoms with Crippen LogP contribution in [0.5, 0.6) is 11.5 Å². The Labute approximate surface area is 170 Å². The molecule has 1 saturated carbocycles. The first-order valence-electron chi connectivity index (χ1n) is 10.5. The number of ether oxygens (including phenoxy) is 2. The highest BCUT2D eigenvalue weighted by molar-refractivity contribution is 5.89. The number of rotatable bonds is 5. The van der Waals surface area contributed by atoms with Crippen LogP contribution in [0.1, 0.15) is 43.2 Å². The van der Waals surface area contributed by atoms with Crippen LogP contribution in [0.2, 0.25) is 0 Å². The maximum Gasteiger partial charge on any atom is 0.231 e. The van der Waals surface area contributed by atoms with E-state index in [0.717, 1.165) is 54.7 Å². The lowest BCUT2D eigenvalue weighted by Gasteiger charge is -2.36. The van der Waals surface area contributed by atoms with Gasteiger partial charge in [-0.15, -0.1) is 0 Å². The molecule has 29 heavy (non-hydrogen) atoms. The lowest BCUT2D eigenvalue weighted by molar-refractivity contribution is -0.128. The zero-order chi connectivity index (χ0) is 19.7. The fraction of sp³-hybridized carbons (Fsp3) is 0.375. The molecule has 0 atom stereocenters. The third-order valence-corrected chi connectivity index (χ3v) is 6.42. The zero-order valence-electron chi connectivity index (χ0n) is 16.5. The zero-order valence-corrected chi connectivity index (χ0v) is 16.5. The van der Waals surface area contributed by atoms with Gasteiger partial charge in [-0.1, -0.05) is 43.5 Å². The number of fused-ring (bicyclic) bond motifs is 2. The van der Waals surface area contributed by atoms with Gasteiger partial charge in [-0.25, -0.2) is 0 Å². The van der Waals surface area contributed by atoms with Crippen LogP contribution in [-0.2, 0) is 16.6 Å². The van der Waals surface area contributed by atoms with Gasteiger partial charge in [0.15, 0.2) is 11.5 Å². The number of carbonyl (C=O) groups excluding carboxylic acids is 1. The Morgan fingerprint density at radius 3 is 2.76 bits per heavy atom. The molecule has 0 bridgehead atoms. The van der Waals surface area contributed by atoms with Crippen molar-refractivity contribution in [2.45, 2.75) is 43.9 Å². The van der Waals surface area contributed by atoms with Crippen LogP contribution in [0, 0.1) is 0 Å². The van der Waals surface area contributed by atoms with Crippen LogP contribution in [0.15, 0.2) is 48.7 Å². The Hall–Kier alpha value is -2.95. The number of benzene rings is 2.